The molecule has 1 aliphatic rings. The van der Waals surface area contributed by atoms with Crippen molar-refractivity contribution in [3.63, 3.8) is 0 Å². The lowest BCUT2D eigenvalue weighted by Gasteiger charge is -2.35. The van der Waals surface area contributed by atoms with Crippen LogP contribution in [0.3, 0.4) is 0 Å². The van der Waals surface area contributed by atoms with Crippen molar-refractivity contribution in [1.82, 2.24) is 10.2 Å². The summed E-state index contributed by atoms with van der Waals surface area (Å²) < 4.78 is 41.7. The third kappa shape index (κ3) is 4.61. The van der Waals surface area contributed by atoms with Crippen LogP contribution in [0.1, 0.15) is 44.2 Å². The van der Waals surface area contributed by atoms with Gasteiger partial charge in [-0.05, 0) is 18.6 Å². The van der Waals surface area contributed by atoms with Gasteiger partial charge in [-0.15, -0.1) is 12.4 Å². The summed E-state index contributed by atoms with van der Waals surface area (Å²) in [5.41, 5.74) is -0.104. The average molecular weight is 337 g/mol. The average Bonchev–Trinajstić information content (AvgIpc) is 2.51. The van der Waals surface area contributed by atoms with Gasteiger partial charge >= 0.3 is 0 Å². The monoisotopic (exact) mass is 336 g/mol. The predicted octanol–water partition coefficient (Wildman–Crippen LogP) is 4.05. The highest BCUT2D eigenvalue weighted by atomic mass is 35.5. The van der Waals surface area contributed by atoms with E-state index in [-0.39, 0.29) is 24.0 Å². The molecule has 2 rings (SSSR count). The molecule has 0 radical (unpaired) electrons. The van der Waals surface area contributed by atoms with Gasteiger partial charge in [0.25, 0.3) is 0 Å². The van der Waals surface area contributed by atoms with Crippen LogP contribution in [0, 0.1) is 17.5 Å². The first kappa shape index (κ1) is 19.3. The van der Waals surface area contributed by atoms with Crippen molar-refractivity contribution in [2.75, 3.05) is 26.2 Å². The van der Waals surface area contributed by atoms with Gasteiger partial charge in [-0.25, -0.2) is 13.2 Å². The molecule has 1 atom stereocenters. The molecule has 0 bridgehead atoms. The SMILES string of the molecule is CCCCC[C@H](c1c(F)ccc(F)c1F)N1CCNCC1.Cl. The van der Waals surface area contributed by atoms with Crippen molar-refractivity contribution in [3.8, 4) is 0 Å². The number of halogens is 4. The van der Waals surface area contributed by atoms with Crippen LogP contribution in [0.25, 0.3) is 0 Å². The molecule has 0 unspecified atom stereocenters. The van der Waals surface area contributed by atoms with Crippen molar-refractivity contribution >= 4 is 12.4 Å². The molecule has 1 heterocycles. The summed E-state index contributed by atoms with van der Waals surface area (Å²) in [5.74, 6) is -2.65. The summed E-state index contributed by atoms with van der Waals surface area (Å²) in [6.07, 6.45) is 3.61. The molecule has 0 aliphatic carbocycles. The summed E-state index contributed by atoms with van der Waals surface area (Å²) in [6, 6.07) is 1.51. The molecule has 1 aromatic rings. The predicted molar refractivity (Wildman–Crippen MR) is 84.9 cm³/mol. The Balaban J connectivity index is 0.00000242. The Morgan fingerprint density at radius 1 is 1.09 bits per heavy atom. The van der Waals surface area contributed by atoms with E-state index in [1.165, 1.54) is 0 Å². The summed E-state index contributed by atoms with van der Waals surface area (Å²) >= 11 is 0. The van der Waals surface area contributed by atoms with E-state index in [0.29, 0.717) is 6.42 Å². The van der Waals surface area contributed by atoms with Crippen molar-refractivity contribution in [1.29, 1.82) is 0 Å². The quantitative estimate of drug-likeness (QED) is 0.622. The molecule has 0 amide bonds. The number of piperazine rings is 1. The maximum Gasteiger partial charge on any atom is 0.166 e. The zero-order valence-corrected chi connectivity index (χ0v) is 13.7. The topological polar surface area (TPSA) is 15.3 Å². The minimum Gasteiger partial charge on any atom is -0.314 e. The van der Waals surface area contributed by atoms with E-state index in [0.717, 1.165) is 57.6 Å². The Morgan fingerprint density at radius 3 is 2.36 bits per heavy atom. The molecule has 6 heteroatoms. The maximum atomic E-state index is 14.1. The van der Waals surface area contributed by atoms with Gasteiger partial charge in [-0.3, -0.25) is 4.90 Å². The molecule has 22 heavy (non-hydrogen) atoms. The maximum absolute atomic E-state index is 14.1. The summed E-state index contributed by atoms with van der Waals surface area (Å²) in [7, 11) is 0. The summed E-state index contributed by atoms with van der Waals surface area (Å²) in [6.45, 7) is 5.13. The minimum atomic E-state index is -1.03. The Morgan fingerprint density at radius 2 is 1.73 bits per heavy atom. The second kappa shape index (κ2) is 9.38. The largest absolute Gasteiger partial charge is 0.314 e. The van der Waals surface area contributed by atoms with Gasteiger partial charge < -0.3 is 5.32 Å². The molecule has 1 saturated heterocycles. The van der Waals surface area contributed by atoms with Crippen LogP contribution in [-0.4, -0.2) is 31.1 Å². The number of nitrogens with zero attached hydrogens (tertiary/aromatic N) is 1. The smallest absolute Gasteiger partial charge is 0.166 e. The minimum absolute atomic E-state index is 0. The first-order valence-corrected chi connectivity index (χ1v) is 7.73. The van der Waals surface area contributed by atoms with Crippen LogP contribution in [0.4, 0.5) is 13.2 Å². The van der Waals surface area contributed by atoms with Crippen LogP contribution in [0.2, 0.25) is 0 Å². The third-order valence-electron chi connectivity index (χ3n) is 4.09. The van der Waals surface area contributed by atoms with Crippen molar-refractivity contribution in [2.24, 2.45) is 0 Å². The van der Waals surface area contributed by atoms with E-state index in [1.54, 1.807) is 0 Å². The van der Waals surface area contributed by atoms with Gasteiger partial charge in [0, 0.05) is 37.8 Å². The molecule has 1 N–H and O–H groups in total. The van der Waals surface area contributed by atoms with E-state index < -0.39 is 17.5 Å². The number of unbranched alkanes of at least 4 members (excludes halogenated alkanes) is 2. The molecule has 2 nitrogen and oxygen atoms in total. The van der Waals surface area contributed by atoms with E-state index in [1.807, 2.05) is 0 Å². The zero-order valence-electron chi connectivity index (χ0n) is 12.9. The highest BCUT2D eigenvalue weighted by Gasteiger charge is 2.28. The standard InChI is InChI=1S/C16H23F3N2.ClH/c1-2-3-4-5-14(21-10-8-20-9-11-21)15-12(17)6-7-13(18)16(15)19;/h6-7,14,20H,2-5,8-11H2,1H3;1H/t14-;/m1./s1. The number of hydrogen-bond donors (Lipinski definition) is 1. The van der Waals surface area contributed by atoms with E-state index in [4.69, 9.17) is 0 Å². The first-order valence-electron chi connectivity index (χ1n) is 7.73. The van der Waals surface area contributed by atoms with Gasteiger partial charge in [-0.1, -0.05) is 26.2 Å². The van der Waals surface area contributed by atoms with Crippen LogP contribution >= 0.6 is 12.4 Å². The molecule has 1 fully saturated rings. The molecule has 126 valence electrons. The number of nitrogens with one attached hydrogen (secondary N) is 1. The lowest BCUT2D eigenvalue weighted by Crippen LogP contribution is -2.45. The van der Waals surface area contributed by atoms with Crippen LogP contribution in [0.15, 0.2) is 12.1 Å². The van der Waals surface area contributed by atoms with Gasteiger partial charge in [0.05, 0.1) is 0 Å². The van der Waals surface area contributed by atoms with E-state index in [2.05, 4.69) is 17.1 Å². The molecular weight excluding hydrogens is 313 g/mol. The van der Waals surface area contributed by atoms with Gasteiger partial charge in [0.1, 0.15) is 5.82 Å². The lowest BCUT2D eigenvalue weighted by atomic mass is 9.97. The van der Waals surface area contributed by atoms with Crippen LogP contribution in [0.5, 0.6) is 0 Å². The highest BCUT2D eigenvalue weighted by Crippen LogP contribution is 2.32. The molecule has 0 saturated carbocycles. The fourth-order valence-electron chi connectivity index (χ4n) is 2.94. The second-order valence-electron chi connectivity index (χ2n) is 5.55. The summed E-state index contributed by atoms with van der Waals surface area (Å²) in [4.78, 5) is 2.06. The number of rotatable bonds is 6. The normalized spacial score (nSPS) is 17.1. The molecular formula is C16H24ClF3N2. The lowest BCUT2D eigenvalue weighted by molar-refractivity contribution is 0.155. The molecule has 0 spiro atoms. The number of hydrogen-bond acceptors (Lipinski definition) is 2. The zero-order chi connectivity index (χ0) is 15.2. The Bertz CT molecular complexity index is 465. The Hall–Kier alpha value is -0.780. The van der Waals surface area contributed by atoms with E-state index >= 15 is 0 Å². The van der Waals surface area contributed by atoms with Gasteiger partial charge in [0.15, 0.2) is 11.6 Å². The van der Waals surface area contributed by atoms with Crippen molar-refractivity contribution in [3.05, 3.63) is 35.1 Å². The molecule has 1 aliphatic heterocycles. The fraction of sp³-hybridized carbons (Fsp3) is 0.625. The Labute approximate surface area is 136 Å². The molecule has 1 aromatic carbocycles. The number of benzene rings is 1. The van der Waals surface area contributed by atoms with Crippen molar-refractivity contribution in [2.45, 2.75) is 38.6 Å². The van der Waals surface area contributed by atoms with Gasteiger partial charge in [0.2, 0.25) is 0 Å². The molecule has 0 aromatic heterocycles. The first-order chi connectivity index (χ1) is 10.1. The summed E-state index contributed by atoms with van der Waals surface area (Å²) in [5, 5.41) is 3.23. The van der Waals surface area contributed by atoms with Gasteiger partial charge in [-0.2, -0.15) is 0 Å². The van der Waals surface area contributed by atoms with E-state index in [9.17, 15) is 13.2 Å². The second-order valence-corrected chi connectivity index (χ2v) is 5.55. The highest BCUT2D eigenvalue weighted by molar-refractivity contribution is 5.85. The third-order valence-corrected chi connectivity index (χ3v) is 4.09. The van der Waals surface area contributed by atoms with Crippen LogP contribution < -0.4 is 5.32 Å². The fourth-order valence-corrected chi connectivity index (χ4v) is 2.94. The van der Waals surface area contributed by atoms with Crippen LogP contribution in [-0.2, 0) is 0 Å². The van der Waals surface area contributed by atoms with Crippen molar-refractivity contribution < 1.29 is 13.2 Å². The Kier molecular flexibility index (Phi) is 8.21.